The van der Waals surface area contributed by atoms with Crippen molar-refractivity contribution in [2.24, 2.45) is 5.73 Å². The van der Waals surface area contributed by atoms with Crippen LogP contribution in [-0.4, -0.2) is 9.97 Å². The molecule has 0 atom stereocenters. The quantitative estimate of drug-likeness (QED) is 0.946. The van der Waals surface area contributed by atoms with Crippen LogP contribution in [0.3, 0.4) is 0 Å². The maximum Gasteiger partial charge on any atom is 0.322 e. The van der Waals surface area contributed by atoms with Crippen molar-refractivity contribution < 1.29 is 9.13 Å². The van der Waals surface area contributed by atoms with E-state index >= 15 is 0 Å². The monoisotopic (exact) mass is 311 g/mol. The average Bonchev–Trinajstić information content (AvgIpc) is 2.32. The Morgan fingerprint density at radius 1 is 1.33 bits per heavy atom. The highest BCUT2D eigenvalue weighted by Gasteiger charge is 2.08. The molecule has 2 rings (SSSR count). The molecule has 94 valence electrons. The van der Waals surface area contributed by atoms with Gasteiger partial charge in [0.1, 0.15) is 0 Å². The largest absolute Gasteiger partial charge is 0.421 e. The van der Waals surface area contributed by atoms with E-state index in [2.05, 4.69) is 25.9 Å². The summed E-state index contributed by atoms with van der Waals surface area (Å²) >= 11 is 3.17. The fourth-order valence-corrected chi connectivity index (χ4v) is 1.74. The third-order valence-electron chi connectivity index (χ3n) is 2.19. The highest BCUT2D eigenvalue weighted by molar-refractivity contribution is 9.10. The van der Waals surface area contributed by atoms with E-state index in [9.17, 15) is 4.39 Å². The van der Waals surface area contributed by atoms with Gasteiger partial charge in [0.2, 0.25) is 0 Å². The predicted molar refractivity (Wildman–Crippen MR) is 68.8 cm³/mol. The molecule has 18 heavy (non-hydrogen) atoms. The highest BCUT2D eigenvalue weighted by atomic mass is 79.9. The second kappa shape index (κ2) is 5.41. The molecule has 0 bridgehead atoms. The van der Waals surface area contributed by atoms with Crippen molar-refractivity contribution in [3.63, 3.8) is 0 Å². The maximum absolute atomic E-state index is 13.6. The van der Waals surface area contributed by atoms with Crippen molar-refractivity contribution in [3.05, 3.63) is 45.9 Å². The Hall–Kier alpha value is -1.53. The molecular weight excluding hydrogens is 301 g/mol. The van der Waals surface area contributed by atoms with Gasteiger partial charge in [-0.05, 0) is 31.2 Å². The van der Waals surface area contributed by atoms with E-state index in [0.717, 1.165) is 5.69 Å². The minimum Gasteiger partial charge on any atom is -0.421 e. The summed E-state index contributed by atoms with van der Waals surface area (Å²) in [6, 6.07) is 6.35. The summed E-state index contributed by atoms with van der Waals surface area (Å²) in [4.78, 5) is 8.15. The van der Waals surface area contributed by atoms with Crippen LogP contribution in [0.2, 0.25) is 0 Å². The zero-order valence-corrected chi connectivity index (χ0v) is 11.2. The van der Waals surface area contributed by atoms with Crippen LogP contribution in [0, 0.1) is 12.7 Å². The van der Waals surface area contributed by atoms with E-state index < -0.39 is 5.82 Å². The molecule has 0 aliphatic heterocycles. The first-order chi connectivity index (χ1) is 8.58. The molecule has 1 aromatic carbocycles. The van der Waals surface area contributed by atoms with Gasteiger partial charge in [0.25, 0.3) is 0 Å². The van der Waals surface area contributed by atoms with Crippen molar-refractivity contribution >= 4 is 15.9 Å². The predicted octanol–water partition coefficient (Wildman–Crippen LogP) is 2.94. The number of rotatable bonds is 3. The summed E-state index contributed by atoms with van der Waals surface area (Å²) in [7, 11) is 0. The van der Waals surface area contributed by atoms with Crippen molar-refractivity contribution in [1.29, 1.82) is 0 Å². The van der Waals surface area contributed by atoms with Crippen LogP contribution in [-0.2, 0) is 6.54 Å². The van der Waals surface area contributed by atoms with Crippen molar-refractivity contribution in [3.8, 4) is 11.8 Å². The molecule has 0 aliphatic rings. The van der Waals surface area contributed by atoms with Gasteiger partial charge in [-0.3, -0.25) is 0 Å². The van der Waals surface area contributed by atoms with E-state index in [1.54, 1.807) is 19.1 Å². The van der Waals surface area contributed by atoms with Gasteiger partial charge in [-0.2, -0.15) is 4.98 Å². The van der Waals surface area contributed by atoms with Gasteiger partial charge < -0.3 is 10.5 Å². The molecule has 0 saturated carbocycles. The van der Waals surface area contributed by atoms with Crippen LogP contribution < -0.4 is 10.5 Å². The van der Waals surface area contributed by atoms with Gasteiger partial charge in [0.15, 0.2) is 11.6 Å². The molecule has 0 radical (unpaired) electrons. The normalized spacial score (nSPS) is 10.4. The minimum absolute atomic E-state index is 0.0757. The number of aryl methyl sites for hydroxylation is 1. The summed E-state index contributed by atoms with van der Waals surface area (Å²) in [5.74, 6) is -0.407. The molecular formula is C12H11BrFN3O. The Labute approximate surface area is 112 Å². The van der Waals surface area contributed by atoms with Crippen LogP contribution >= 0.6 is 15.9 Å². The fraction of sp³-hybridized carbons (Fsp3) is 0.167. The summed E-state index contributed by atoms with van der Waals surface area (Å²) in [6.07, 6.45) is 0. The molecule has 2 aromatic rings. The Morgan fingerprint density at radius 3 is 2.78 bits per heavy atom. The number of aromatic nitrogens is 2. The highest BCUT2D eigenvalue weighted by Crippen LogP contribution is 2.25. The molecule has 1 heterocycles. The Morgan fingerprint density at radius 2 is 2.11 bits per heavy atom. The Balaban J connectivity index is 2.30. The van der Waals surface area contributed by atoms with Crippen LogP contribution in [0.1, 0.15) is 11.4 Å². The number of ether oxygens (including phenoxy) is 1. The van der Waals surface area contributed by atoms with Crippen LogP contribution in [0.5, 0.6) is 11.8 Å². The van der Waals surface area contributed by atoms with Crippen molar-refractivity contribution in [2.45, 2.75) is 13.5 Å². The molecule has 0 spiro atoms. The van der Waals surface area contributed by atoms with Gasteiger partial charge in [0, 0.05) is 16.7 Å². The lowest BCUT2D eigenvalue weighted by Gasteiger charge is -2.07. The number of hydrogen-bond acceptors (Lipinski definition) is 4. The molecule has 0 unspecified atom stereocenters. The van der Waals surface area contributed by atoms with Crippen LogP contribution in [0.25, 0.3) is 0 Å². The third-order valence-corrected chi connectivity index (χ3v) is 2.68. The molecule has 0 saturated heterocycles. The number of halogens is 2. The zero-order chi connectivity index (χ0) is 13.1. The molecule has 4 nitrogen and oxygen atoms in total. The first-order valence-corrected chi connectivity index (χ1v) is 6.05. The first kappa shape index (κ1) is 12.9. The van der Waals surface area contributed by atoms with E-state index in [1.807, 2.05) is 0 Å². The first-order valence-electron chi connectivity index (χ1n) is 5.26. The minimum atomic E-state index is -0.483. The molecule has 2 N–H and O–H groups in total. The number of nitrogens with two attached hydrogens (primary N) is 1. The fourth-order valence-electron chi connectivity index (χ4n) is 1.41. The van der Waals surface area contributed by atoms with Crippen LogP contribution in [0.15, 0.2) is 28.7 Å². The maximum atomic E-state index is 13.6. The second-order valence-electron chi connectivity index (χ2n) is 3.66. The summed E-state index contributed by atoms with van der Waals surface area (Å²) in [5, 5.41) is 0. The SMILES string of the molecule is Cc1cc(CN)nc(Oc2ccc(Br)cc2F)n1. The number of nitrogens with zero attached hydrogens (tertiary/aromatic N) is 2. The molecule has 0 aliphatic carbocycles. The average molecular weight is 312 g/mol. The molecule has 1 aromatic heterocycles. The topological polar surface area (TPSA) is 61.0 Å². The lowest BCUT2D eigenvalue weighted by molar-refractivity contribution is 0.408. The van der Waals surface area contributed by atoms with Gasteiger partial charge in [-0.15, -0.1) is 0 Å². The van der Waals surface area contributed by atoms with E-state index in [1.165, 1.54) is 12.1 Å². The molecule has 0 amide bonds. The lowest BCUT2D eigenvalue weighted by Crippen LogP contribution is -2.04. The van der Waals surface area contributed by atoms with E-state index in [0.29, 0.717) is 10.2 Å². The third kappa shape index (κ3) is 3.02. The molecule has 6 heteroatoms. The smallest absolute Gasteiger partial charge is 0.322 e. The zero-order valence-electron chi connectivity index (χ0n) is 9.65. The van der Waals surface area contributed by atoms with Gasteiger partial charge >= 0.3 is 6.01 Å². The standard InChI is InChI=1S/C12H11BrFN3O/c1-7-4-9(6-15)17-12(16-7)18-11-3-2-8(13)5-10(11)14/h2-5H,6,15H2,1H3. The molecule has 0 fully saturated rings. The second-order valence-corrected chi connectivity index (χ2v) is 4.58. The summed E-state index contributed by atoms with van der Waals surface area (Å²) in [6.45, 7) is 2.08. The van der Waals surface area contributed by atoms with Gasteiger partial charge in [-0.1, -0.05) is 15.9 Å². The van der Waals surface area contributed by atoms with Gasteiger partial charge in [-0.25, -0.2) is 9.37 Å². The summed E-state index contributed by atoms with van der Waals surface area (Å²) in [5.41, 5.74) is 6.87. The lowest BCUT2D eigenvalue weighted by atomic mass is 10.3. The number of hydrogen-bond donors (Lipinski definition) is 1. The Bertz CT molecular complexity index is 577. The van der Waals surface area contributed by atoms with Gasteiger partial charge in [0.05, 0.1) is 5.69 Å². The van der Waals surface area contributed by atoms with E-state index in [4.69, 9.17) is 10.5 Å². The van der Waals surface area contributed by atoms with Crippen molar-refractivity contribution in [1.82, 2.24) is 9.97 Å². The van der Waals surface area contributed by atoms with Crippen LogP contribution in [0.4, 0.5) is 4.39 Å². The number of benzene rings is 1. The Kier molecular flexibility index (Phi) is 3.88. The summed E-state index contributed by atoms with van der Waals surface area (Å²) < 4.78 is 19.5. The van der Waals surface area contributed by atoms with E-state index in [-0.39, 0.29) is 18.3 Å². The van der Waals surface area contributed by atoms with Crippen molar-refractivity contribution in [2.75, 3.05) is 0 Å².